The molecule has 2 aliphatic heterocycles. The Hall–Kier alpha value is -2.37. The van der Waals surface area contributed by atoms with E-state index in [4.69, 9.17) is 11.6 Å². The maximum absolute atomic E-state index is 12.5. The van der Waals surface area contributed by atoms with Crippen molar-refractivity contribution in [2.24, 2.45) is 0 Å². The number of pyridine rings is 1. The number of rotatable bonds is 6. The average molecular weight is 451 g/mol. The first-order valence-corrected chi connectivity index (χ1v) is 12.1. The molecule has 32 heavy (non-hydrogen) atoms. The number of aryl methyl sites for hydroxylation is 1. The fourth-order valence-electron chi connectivity index (χ4n) is 6.14. The van der Waals surface area contributed by atoms with Crippen molar-refractivity contribution in [1.82, 2.24) is 19.8 Å². The van der Waals surface area contributed by atoms with Gasteiger partial charge in [-0.05, 0) is 67.3 Å². The predicted octanol–water partition coefficient (Wildman–Crippen LogP) is 5.00. The van der Waals surface area contributed by atoms with Crippen LogP contribution in [0.5, 0.6) is 0 Å². The number of nitrogens with one attached hydrogen (secondary N) is 1. The number of carbonyl (C=O) groups is 1. The van der Waals surface area contributed by atoms with E-state index < -0.39 is 0 Å². The van der Waals surface area contributed by atoms with Crippen LogP contribution in [0.4, 0.5) is 0 Å². The topological polar surface area (TPSA) is 50.2 Å². The van der Waals surface area contributed by atoms with Gasteiger partial charge < -0.3 is 9.88 Å². The van der Waals surface area contributed by atoms with Crippen LogP contribution in [0.3, 0.4) is 0 Å². The van der Waals surface area contributed by atoms with Gasteiger partial charge in [-0.3, -0.25) is 14.7 Å². The van der Waals surface area contributed by atoms with Crippen molar-refractivity contribution in [3.63, 3.8) is 0 Å². The molecular weight excluding hydrogens is 420 g/mol. The summed E-state index contributed by atoms with van der Waals surface area (Å²) in [6.45, 7) is 6.21. The van der Waals surface area contributed by atoms with Crippen molar-refractivity contribution >= 4 is 28.4 Å². The van der Waals surface area contributed by atoms with Crippen LogP contribution in [0.1, 0.15) is 60.5 Å². The fourth-order valence-corrected chi connectivity index (χ4v) is 6.31. The van der Waals surface area contributed by atoms with Gasteiger partial charge in [-0.25, -0.2) is 0 Å². The number of benzene rings is 1. The number of amides is 1. The first-order valence-electron chi connectivity index (χ1n) is 11.7. The highest BCUT2D eigenvalue weighted by molar-refractivity contribution is 6.31. The van der Waals surface area contributed by atoms with E-state index in [2.05, 4.69) is 51.8 Å². The van der Waals surface area contributed by atoms with Crippen LogP contribution in [0.15, 0.2) is 36.7 Å². The standard InChI is InChI=1S/C26H31ClN4O/c1-4-30-19-6-8-23(30)26-21-12-18(27)5-7-22(21)31(24(26)13-19)15-17(11-25(32)28-3)20-9-10-29-14-16(20)2/h5,7,9-10,12,14,17,19,23H,4,6,8,11,13,15H2,1-3H3,(H,28,32). The van der Waals surface area contributed by atoms with Crippen LogP contribution >= 0.6 is 11.6 Å². The van der Waals surface area contributed by atoms with Crippen LogP contribution in [-0.4, -0.2) is 40.0 Å². The molecule has 2 bridgehead atoms. The van der Waals surface area contributed by atoms with E-state index in [-0.39, 0.29) is 11.8 Å². The van der Waals surface area contributed by atoms with Crippen LogP contribution < -0.4 is 5.32 Å². The Labute approximate surface area is 194 Å². The molecule has 0 saturated carbocycles. The summed E-state index contributed by atoms with van der Waals surface area (Å²) in [5.41, 5.74) is 6.46. The SMILES string of the molecule is CCN1C2CCC1c1c(n(CC(CC(=O)NC)c3ccncc3C)c3ccc(Cl)cc13)C2. The minimum atomic E-state index is 0.0665. The van der Waals surface area contributed by atoms with E-state index in [0.29, 0.717) is 18.5 Å². The zero-order valence-corrected chi connectivity index (χ0v) is 19.8. The molecule has 0 radical (unpaired) electrons. The van der Waals surface area contributed by atoms with Crippen LogP contribution in [0.25, 0.3) is 10.9 Å². The Bertz CT molecular complexity index is 1170. The second-order valence-electron chi connectivity index (χ2n) is 9.22. The van der Waals surface area contributed by atoms with E-state index >= 15 is 0 Å². The largest absolute Gasteiger partial charge is 0.359 e. The van der Waals surface area contributed by atoms with Gasteiger partial charge >= 0.3 is 0 Å². The summed E-state index contributed by atoms with van der Waals surface area (Å²) in [4.78, 5) is 19.4. The Morgan fingerprint density at radius 2 is 2.16 bits per heavy atom. The number of carbonyl (C=O) groups excluding carboxylic acids is 1. The van der Waals surface area contributed by atoms with Gasteiger partial charge in [0.25, 0.3) is 0 Å². The first-order chi connectivity index (χ1) is 15.5. The van der Waals surface area contributed by atoms with Crippen LogP contribution in [-0.2, 0) is 17.8 Å². The van der Waals surface area contributed by atoms with E-state index in [1.54, 1.807) is 7.05 Å². The van der Waals surface area contributed by atoms with Crippen molar-refractivity contribution in [3.8, 4) is 0 Å². The highest BCUT2D eigenvalue weighted by atomic mass is 35.5. The van der Waals surface area contributed by atoms with Gasteiger partial charge in [0.05, 0.1) is 0 Å². The second kappa shape index (κ2) is 8.53. The molecule has 6 heteroatoms. The van der Waals surface area contributed by atoms with Gasteiger partial charge in [0, 0.05) is 78.4 Å². The predicted molar refractivity (Wildman–Crippen MR) is 129 cm³/mol. The van der Waals surface area contributed by atoms with Gasteiger partial charge in [0.2, 0.25) is 5.91 Å². The molecule has 1 fully saturated rings. The highest BCUT2D eigenvalue weighted by Gasteiger charge is 2.42. The molecule has 0 spiro atoms. The van der Waals surface area contributed by atoms with Gasteiger partial charge in [0.1, 0.15) is 0 Å². The minimum Gasteiger partial charge on any atom is -0.359 e. The number of halogens is 1. The number of hydrogen-bond donors (Lipinski definition) is 1. The smallest absolute Gasteiger partial charge is 0.220 e. The summed E-state index contributed by atoms with van der Waals surface area (Å²) in [5, 5.41) is 4.88. The van der Waals surface area contributed by atoms with E-state index in [1.807, 2.05) is 18.5 Å². The van der Waals surface area contributed by atoms with Gasteiger partial charge in [-0.2, -0.15) is 0 Å². The molecule has 1 saturated heterocycles. The van der Waals surface area contributed by atoms with Crippen molar-refractivity contribution in [3.05, 3.63) is 64.1 Å². The molecule has 4 heterocycles. The summed E-state index contributed by atoms with van der Waals surface area (Å²) < 4.78 is 2.49. The van der Waals surface area contributed by atoms with Crippen LogP contribution in [0, 0.1) is 6.92 Å². The Morgan fingerprint density at radius 1 is 1.31 bits per heavy atom. The van der Waals surface area contributed by atoms with Crippen molar-refractivity contribution in [1.29, 1.82) is 0 Å². The number of aromatic nitrogens is 2. The molecule has 1 N–H and O–H groups in total. The Balaban J connectivity index is 1.65. The summed E-state index contributed by atoms with van der Waals surface area (Å²) >= 11 is 6.47. The molecule has 1 aromatic carbocycles. The molecular formula is C26H31ClN4O. The lowest BCUT2D eigenvalue weighted by molar-refractivity contribution is -0.121. The van der Waals surface area contributed by atoms with Crippen LogP contribution in [0.2, 0.25) is 5.02 Å². The van der Waals surface area contributed by atoms with Crippen molar-refractivity contribution in [2.45, 2.75) is 64.1 Å². The molecule has 5 rings (SSSR count). The monoisotopic (exact) mass is 450 g/mol. The number of likely N-dealkylation sites (N-methyl/N-ethyl adjacent to an activating group) is 1. The number of nitrogens with zero attached hydrogens (tertiary/aromatic N) is 3. The third-order valence-electron chi connectivity index (χ3n) is 7.56. The van der Waals surface area contributed by atoms with E-state index in [9.17, 15) is 4.79 Å². The lowest BCUT2D eigenvalue weighted by Crippen LogP contribution is -2.37. The summed E-state index contributed by atoms with van der Waals surface area (Å²) in [7, 11) is 1.71. The summed E-state index contributed by atoms with van der Waals surface area (Å²) in [5.74, 6) is 0.145. The van der Waals surface area contributed by atoms with Gasteiger partial charge in [-0.1, -0.05) is 18.5 Å². The minimum absolute atomic E-state index is 0.0665. The maximum Gasteiger partial charge on any atom is 0.220 e. The van der Waals surface area contributed by atoms with Gasteiger partial charge in [-0.15, -0.1) is 0 Å². The highest BCUT2D eigenvalue weighted by Crippen LogP contribution is 2.48. The molecule has 5 nitrogen and oxygen atoms in total. The molecule has 3 aromatic rings. The summed E-state index contributed by atoms with van der Waals surface area (Å²) in [6.07, 6.45) is 7.71. The molecule has 3 atom stereocenters. The number of fused-ring (bicyclic) bond motifs is 6. The third kappa shape index (κ3) is 3.52. The quantitative estimate of drug-likeness (QED) is 0.575. The van der Waals surface area contributed by atoms with Gasteiger partial charge in [0.15, 0.2) is 0 Å². The van der Waals surface area contributed by atoms with E-state index in [0.717, 1.165) is 30.1 Å². The maximum atomic E-state index is 12.5. The molecule has 3 unspecified atom stereocenters. The molecule has 2 aliphatic rings. The lowest BCUT2D eigenvalue weighted by Gasteiger charge is -2.35. The Morgan fingerprint density at radius 3 is 2.91 bits per heavy atom. The molecule has 1 amide bonds. The fraction of sp³-hybridized carbons (Fsp3) is 0.462. The molecule has 0 aliphatic carbocycles. The Kier molecular flexibility index (Phi) is 5.72. The molecule has 168 valence electrons. The lowest BCUT2D eigenvalue weighted by atomic mass is 9.92. The zero-order valence-electron chi connectivity index (χ0n) is 19.1. The normalized spacial score (nSPS) is 21.0. The second-order valence-corrected chi connectivity index (χ2v) is 9.66. The summed E-state index contributed by atoms with van der Waals surface area (Å²) in [6, 6.07) is 9.45. The zero-order chi connectivity index (χ0) is 22.4. The van der Waals surface area contributed by atoms with E-state index in [1.165, 1.54) is 40.6 Å². The average Bonchev–Trinajstić information content (AvgIpc) is 3.25. The van der Waals surface area contributed by atoms with Crippen molar-refractivity contribution in [2.75, 3.05) is 13.6 Å². The third-order valence-corrected chi connectivity index (χ3v) is 7.80. The molecule has 2 aromatic heterocycles. The first kappa shape index (κ1) is 21.5. The number of hydrogen-bond acceptors (Lipinski definition) is 3. The van der Waals surface area contributed by atoms with Crippen molar-refractivity contribution < 1.29 is 4.79 Å².